The van der Waals surface area contributed by atoms with E-state index in [2.05, 4.69) is 39.5 Å². The van der Waals surface area contributed by atoms with Crippen LogP contribution in [0.5, 0.6) is 0 Å². The Morgan fingerprint density at radius 1 is 1.11 bits per heavy atom. The molecule has 9 nitrogen and oxygen atoms in total. The van der Waals surface area contributed by atoms with Crippen LogP contribution in [0, 0.1) is 22.7 Å². The zero-order chi connectivity index (χ0) is 24.4. The molecule has 10 heteroatoms. The number of hydrogen-bond acceptors (Lipinski definition) is 8. The first-order chi connectivity index (χ1) is 17.1. The zero-order valence-corrected chi connectivity index (χ0v) is 20.4. The van der Waals surface area contributed by atoms with E-state index in [9.17, 15) is 10.5 Å². The first-order valence-corrected chi connectivity index (χ1v) is 12.1. The summed E-state index contributed by atoms with van der Waals surface area (Å²) in [6.45, 7) is 2.41. The van der Waals surface area contributed by atoms with Crippen molar-refractivity contribution in [3.63, 3.8) is 0 Å². The van der Waals surface area contributed by atoms with E-state index >= 15 is 0 Å². The molecule has 1 saturated heterocycles. The molecule has 1 aliphatic rings. The number of likely N-dealkylation sites (tertiary alicyclic amines) is 1. The van der Waals surface area contributed by atoms with Crippen molar-refractivity contribution in [3.05, 3.63) is 59.5 Å². The van der Waals surface area contributed by atoms with Crippen LogP contribution in [0.3, 0.4) is 0 Å². The molecule has 4 heterocycles. The molecule has 0 radical (unpaired) electrons. The van der Waals surface area contributed by atoms with Gasteiger partial charge in [-0.1, -0.05) is 29.1 Å². The molecular formula is C25H24N8OS. The smallest absolute Gasteiger partial charge is 0.120 e. The molecule has 4 aromatic rings. The van der Waals surface area contributed by atoms with Crippen LogP contribution in [0.25, 0.3) is 16.8 Å². The van der Waals surface area contributed by atoms with Crippen molar-refractivity contribution in [2.24, 2.45) is 0 Å². The zero-order valence-electron chi connectivity index (χ0n) is 19.5. The molecule has 0 saturated carbocycles. The molecule has 1 aromatic carbocycles. The van der Waals surface area contributed by atoms with Crippen LogP contribution >= 0.6 is 11.8 Å². The molecule has 0 bridgehead atoms. The van der Waals surface area contributed by atoms with E-state index in [0.29, 0.717) is 23.3 Å². The second-order valence-electron chi connectivity index (χ2n) is 8.56. The van der Waals surface area contributed by atoms with Gasteiger partial charge in [0.15, 0.2) is 0 Å². The van der Waals surface area contributed by atoms with E-state index in [0.717, 1.165) is 52.7 Å². The van der Waals surface area contributed by atoms with Crippen LogP contribution in [0.1, 0.15) is 35.7 Å². The highest BCUT2D eigenvalue weighted by molar-refractivity contribution is 7.99. The molecule has 3 aromatic heterocycles. The number of benzene rings is 1. The summed E-state index contributed by atoms with van der Waals surface area (Å²) in [6, 6.07) is 14.2. The second-order valence-corrected chi connectivity index (χ2v) is 9.65. The minimum atomic E-state index is 0.271. The molecule has 35 heavy (non-hydrogen) atoms. The van der Waals surface area contributed by atoms with Crippen molar-refractivity contribution >= 4 is 17.3 Å². The third kappa shape index (κ3) is 4.40. The summed E-state index contributed by atoms with van der Waals surface area (Å²) in [5.41, 5.74) is 4.23. The Morgan fingerprint density at radius 2 is 1.89 bits per heavy atom. The van der Waals surface area contributed by atoms with Crippen molar-refractivity contribution in [1.29, 1.82) is 10.5 Å². The molecule has 176 valence electrons. The fourth-order valence-electron chi connectivity index (χ4n) is 4.48. The minimum absolute atomic E-state index is 0.271. The van der Waals surface area contributed by atoms with E-state index in [1.807, 2.05) is 35.1 Å². The van der Waals surface area contributed by atoms with E-state index in [1.54, 1.807) is 23.9 Å². The van der Waals surface area contributed by atoms with Gasteiger partial charge >= 0.3 is 0 Å². The predicted molar refractivity (Wildman–Crippen MR) is 131 cm³/mol. The van der Waals surface area contributed by atoms with Gasteiger partial charge in [-0.2, -0.15) is 15.6 Å². The number of pyridine rings is 1. The SMILES string of the molecule is COCc1c(-c2cc(Sc3ccccc3C#N)c3c(C#N)cnn3c2)nnn1C1CCN(C)CC1. The van der Waals surface area contributed by atoms with Crippen molar-refractivity contribution < 1.29 is 4.74 Å². The number of ether oxygens (including phenoxy) is 1. The Balaban J connectivity index is 1.63. The Morgan fingerprint density at radius 3 is 2.63 bits per heavy atom. The molecule has 0 spiro atoms. The van der Waals surface area contributed by atoms with Crippen LogP contribution in [0.4, 0.5) is 0 Å². The Kier molecular flexibility index (Phi) is 6.51. The van der Waals surface area contributed by atoms with Crippen molar-refractivity contribution in [3.8, 4) is 23.4 Å². The topological polar surface area (TPSA) is 108 Å². The maximum Gasteiger partial charge on any atom is 0.120 e. The lowest BCUT2D eigenvalue weighted by atomic mass is 10.0. The van der Waals surface area contributed by atoms with Gasteiger partial charge in [0, 0.05) is 28.7 Å². The first-order valence-electron chi connectivity index (χ1n) is 11.3. The Hall–Kier alpha value is -3.70. The largest absolute Gasteiger partial charge is 0.378 e. The van der Waals surface area contributed by atoms with Crippen LogP contribution < -0.4 is 0 Å². The molecular weight excluding hydrogens is 460 g/mol. The minimum Gasteiger partial charge on any atom is -0.378 e. The maximum absolute atomic E-state index is 9.67. The Bertz CT molecular complexity index is 1450. The maximum atomic E-state index is 9.67. The first kappa shape index (κ1) is 23.1. The van der Waals surface area contributed by atoms with Gasteiger partial charge in [0.2, 0.25) is 0 Å². The van der Waals surface area contributed by atoms with E-state index in [-0.39, 0.29) is 6.04 Å². The molecule has 5 rings (SSSR count). The second kappa shape index (κ2) is 9.88. The highest BCUT2D eigenvalue weighted by atomic mass is 32.2. The summed E-state index contributed by atoms with van der Waals surface area (Å²) >= 11 is 1.44. The Labute approximate surface area is 207 Å². The fourth-order valence-corrected chi connectivity index (χ4v) is 5.57. The van der Waals surface area contributed by atoms with Gasteiger partial charge < -0.3 is 9.64 Å². The lowest BCUT2D eigenvalue weighted by Gasteiger charge is -2.29. The fraction of sp³-hybridized carbons (Fsp3) is 0.320. The number of hydrogen-bond donors (Lipinski definition) is 0. The normalized spacial score (nSPS) is 14.7. The lowest BCUT2D eigenvalue weighted by Crippen LogP contribution is -2.32. The molecule has 1 aliphatic heterocycles. The van der Waals surface area contributed by atoms with Gasteiger partial charge in [-0.05, 0) is 51.2 Å². The third-order valence-corrected chi connectivity index (χ3v) is 7.41. The molecule has 0 unspecified atom stereocenters. The number of nitriles is 2. The average Bonchev–Trinajstić information content (AvgIpc) is 3.49. The average molecular weight is 485 g/mol. The van der Waals surface area contributed by atoms with E-state index < -0.39 is 0 Å². The van der Waals surface area contributed by atoms with E-state index in [4.69, 9.17) is 4.74 Å². The van der Waals surface area contributed by atoms with Gasteiger partial charge in [-0.15, -0.1) is 5.10 Å². The van der Waals surface area contributed by atoms with Crippen molar-refractivity contribution in [2.45, 2.75) is 35.3 Å². The summed E-state index contributed by atoms with van der Waals surface area (Å²) in [7, 11) is 3.81. The number of piperidine rings is 1. The summed E-state index contributed by atoms with van der Waals surface area (Å²) in [5.74, 6) is 0. The summed E-state index contributed by atoms with van der Waals surface area (Å²) in [6.07, 6.45) is 5.45. The molecule has 0 amide bonds. The van der Waals surface area contributed by atoms with Gasteiger partial charge in [0.05, 0.1) is 41.2 Å². The number of fused-ring (bicyclic) bond motifs is 1. The number of rotatable bonds is 6. The van der Waals surface area contributed by atoms with Crippen LogP contribution in [-0.4, -0.2) is 56.8 Å². The predicted octanol–water partition coefficient (Wildman–Crippen LogP) is 3.90. The van der Waals surface area contributed by atoms with Crippen molar-refractivity contribution in [2.75, 3.05) is 27.2 Å². The quantitative estimate of drug-likeness (QED) is 0.405. The molecule has 1 fully saturated rings. The molecule has 0 N–H and O–H groups in total. The summed E-state index contributed by atoms with van der Waals surface area (Å²) in [4.78, 5) is 3.95. The van der Waals surface area contributed by atoms with Crippen LogP contribution in [0.15, 0.2) is 52.5 Å². The van der Waals surface area contributed by atoms with Gasteiger partial charge in [0.25, 0.3) is 0 Å². The number of aromatic nitrogens is 5. The number of nitrogens with zero attached hydrogens (tertiary/aromatic N) is 8. The monoisotopic (exact) mass is 484 g/mol. The van der Waals surface area contributed by atoms with Gasteiger partial charge in [-0.25, -0.2) is 9.20 Å². The lowest BCUT2D eigenvalue weighted by molar-refractivity contribution is 0.163. The van der Waals surface area contributed by atoms with Gasteiger partial charge in [-0.3, -0.25) is 0 Å². The third-order valence-electron chi connectivity index (χ3n) is 6.30. The summed E-state index contributed by atoms with van der Waals surface area (Å²) < 4.78 is 9.26. The van der Waals surface area contributed by atoms with Crippen LogP contribution in [-0.2, 0) is 11.3 Å². The van der Waals surface area contributed by atoms with E-state index in [1.165, 1.54) is 11.8 Å². The number of methoxy groups -OCH3 is 1. The van der Waals surface area contributed by atoms with Gasteiger partial charge in [0.1, 0.15) is 17.8 Å². The molecule has 0 atom stereocenters. The highest BCUT2D eigenvalue weighted by Gasteiger charge is 2.25. The standard InChI is InChI=1S/C25H24N8OS/c1-31-9-7-20(8-10-31)33-21(16-34-2)24(29-30-33)18-11-23(25-19(13-27)14-28-32(25)15-18)35-22-6-4-3-5-17(22)12-26/h3-6,11,14-15,20H,7-10,16H2,1-2H3. The summed E-state index contributed by atoms with van der Waals surface area (Å²) in [5, 5.41) is 32.8. The molecule has 0 aliphatic carbocycles. The van der Waals surface area contributed by atoms with Crippen LogP contribution in [0.2, 0.25) is 0 Å². The van der Waals surface area contributed by atoms with Crippen molar-refractivity contribution in [1.82, 2.24) is 29.5 Å². The highest BCUT2D eigenvalue weighted by Crippen LogP contribution is 2.38.